The summed E-state index contributed by atoms with van der Waals surface area (Å²) in [6.07, 6.45) is 0. The van der Waals surface area contributed by atoms with Crippen molar-refractivity contribution in [1.82, 2.24) is 4.90 Å². The van der Waals surface area contributed by atoms with E-state index in [-0.39, 0.29) is 4.90 Å². The molecule has 1 heterocycles. The molecule has 0 atom stereocenters. The number of sulfonamides is 1. The average Bonchev–Trinajstić information content (AvgIpc) is 2.66. The van der Waals surface area contributed by atoms with Crippen molar-refractivity contribution in [3.63, 3.8) is 0 Å². The molecule has 0 radical (unpaired) electrons. The van der Waals surface area contributed by atoms with E-state index >= 15 is 0 Å². The number of rotatable bonds is 7. The molecule has 146 valence electrons. The van der Waals surface area contributed by atoms with Gasteiger partial charge >= 0.3 is 0 Å². The highest BCUT2D eigenvalue weighted by Gasteiger charge is 2.31. The van der Waals surface area contributed by atoms with Crippen molar-refractivity contribution in [1.29, 1.82) is 0 Å². The molecule has 1 aliphatic heterocycles. The van der Waals surface area contributed by atoms with Crippen LogP contribution in [0.5, 0.6) is 5.75 Å². The fourth-order valence-corrected chi connectivity index (χ4v) is 4.67. The van der Waals surface area contributed by atoms with Crippen molar-refractivity contribution >= 4 is 21.4 Å². The van der Waals surface area contributed by atoms with E-state index in [0.29, 0.717) is 25.4 Å². The summed E-state index contributed by atoms with van der Waals surface area (Å²) in [5.41, 5.74) is 1.69. The molecule has 7 heteroatoms. The van der Waals surface area contributed by atoms with E-state index in [9.17, 15) is 8.42 Å². The van der Waals surface area contributed by atoms with Gasteiger partial charge in [-0.15, -0.1) is 0 Å². The number of fused-ring (bicyclic) bond motifs is 1. The zero-order valence-electron chi connectivity index (χ0n) is 16.1. The van der Waals surface area contributed by atoms with Crippen LogP contribution in [0.1, 0.15) is 6.92 Å². The summed E-state index contributed by atoms with van der Waals surface area (Å²) in [5, 5.41) is 0. The lowest BCUT2D eigenvalue weighted by molar-refractivity contribution is 0.340. The van der Waals surface area contributed by atoms with Crippen LogP contribution in [-0.4, -0.2) is 60.2 Å². The predicted molar refractivity (Wildman–Crippen MR) is 109 cm³/mol. The molecule has 27 heavy (non-hydrogen) atoms. The Morgan fingerprint density at radius 3 is 2.30 bits per heavy atom. The van der Waals surface area contributed by atoms with E-state index in [1.165, 1.54) is 4.31 Å². The highest BCUT2D eigenvalue weighted by atomic mass is 32.2. The fourth-order valence-electron chi connectivity index (χ4n) is 3.20. The molecule has 0 saturated heterocycles. The smallest absolute Gasteiger partial charge is 0.264 e. The SMILES string of the molecule is CCOc1ccc(S(=O)(=O)N2CCN(CCN(C)C)c3ccccc32)cc1. The molecule has 2 aromatic carbocycles. The summed E-state index contributed by atoms with van der Waals surface area (Å²) >= 11 is 0. The van der Waals surface area contributed by atoms with Gasteiger partial charge in [-0.2, -0.15) is 0 Å². The molecule has 6 nitrogen and oxygen atoms in total. The molecule has 0 fully saturated rings. The molecule has 0 aliphatic carbocycles. The molecule has 0 aromatic heterocycles. The van der Waals surface area contributed by atoms with E-state index in [1.54, 1.807) is 24.3 Å². The molecule has 1 aliphatic rings. The van der Waals surface area contributed by atoms with Crippen LogP contribution < -0.4 is 13.9 Å². The second-order valence-corrected chi connectivity index (χ2v) is 8.62. The van der Waals surface area contributed by atoms with Crippen LogP contribution in [0.3, 0.4) is 0 Å². The first-order chi connectivity index (χ1) is 12.9. The van der Waals surface area contributed by atoms with Gasteiger partial charge in [0.2, 0.25) is 0 Å². The number of hydrogen-bond donors (Lipinski definition) is 0. The molecule has 0 amide bonds. The Morgan fingerprint density at radius 1 is 1.00 bits per heavy atom. The van der Waals surface area contributed by atoms with Gasteiger partial charge in [-0.3, -0.25) is 4.31 Å². The largest absolute Gasteiger partial charge is 0.494 e. The highest BCUT2D eigenvalue weighted by molar-refractivity contribution is 7.92. The van der Waals surface area contributed by atoms with E-state index in [1.807, 2.05) is 45.3 Å². The van der Waals surface area contributed by atoms with Crippen molar-refractivity contribution in [3.05, 3.63) is 48.5 Å². The Hall–Kier alpha value is -2.25. The second kappa shape index (κ2) is 8.19. The quantitative estimate of drug-likeness (QED) is 0.729. The van der Waals surface area contributed by atoms with Crippen molar-refractivity contribution in [2.75, 3.05) is 56.1 Å². The van der Waals surface area contributed by atoms with Crippen LogP contribution in [0.25, 0.3) is 0 Å². The van der Waals surface area contributed by atoms with E-state index in [2.05, 4.69) is 9.80 Å². The molecule has 0 N–H and O–H groups in total. The minimum atomic E-state index is -3.62. The summed E-state index contributed by atoms with van der Waals surface area (Å²) in [4.78, 5) is 4.66. The number of ether oxygens (including phenoxy) is 1. The van der Waals surface area contributed by atoms with Crippen molar-refractivity contribution in [3.8, 4) is 5.75 Å². The first-order valence-electron chi connectivity index (χ1n) is 9.18. The lowest BCUT2D eigenvalue weighted by Crippen LogP contribution is -2.45. The predicted octanol–water partition coefficient (Wildman–Crippen LogP) is 2.66. The normalized spacial score (nSPS) is 14.4. The van der Waals surface area contributed by atoms with Crippen molar-refractivity contribution in [2.45, 2.75) is 11.8 Å². The van der Waals surface area contributed by atoms with Crippen LogP contribution in [0.2, 0.25) is 0 Å². The molecular formula is C20H27N3O3S. The molecule has 0 spiro atoms. The summed E-state index contributed by atoms with van der Waals surface area (Å²) < 4.78 is 33.4. The summed E-state index contributed by atoms with van der Waals surface area (Å²) in [5.74, 6) is 0.672. The zero-order valence-corrected chi connectivity index (χ0v) is 16.9. The lowest BCUT2D eigenvalue weighted by atomic mass is 10.2. The maximum absolute atomic E-state index is 13.3. The third-order valence-electron chi connectivity index (χ3n) is 4.60. The van der Waals surface area contributed by atoms with Gasteiger partial charge in [-0.1, -0.05) is 12.1 Å². The second-order valence-electron chi connectivity index (χ2n) is 6.76. The number of benzene rings is 2. The molecule has 0 bridgehead atoms. The standard InChI is InChI=1S/C20H27N3O3S/c1-4-26-17-9-11-18(12-10-17)27(24,25)23-16-15-22(14-13-21(2)3)19-7-5-6-8-20(19)23/h5-12H,4,13-16H2,1-3H3. The maximum atomic E-state index is 13.3. The third-order valence-corrected chi connectivity index (χ3v) is 6.43. The maximum Gasteiger partial charge on any atom is 0.264 e. The Balaban J connectivity index is 1.90. The third kappa shape index (κ3) is 4.20. The first-order valence-corrected chi connectivity index (χ1v) is 10.6. The van der Waals surface area contributed by atoms with Gasteiger partial charge < -0.3 is 14.5 Å². The molecular weight excluding hydrogens is 362 g/mol. The monoisotopic (exact) mass is 389 g/mol. The average molecular weight is 390 g/mol. The van der Waals surface area contributed by atoms with Gasteiger partial charge in [-0.25, -0.2) is 8.42 Å². The van der Waals surface area contributed by atoms with Crippen molar-refractivity contribution < 1.29 is 13.2 Å². The van der Waals surface area contributed by atoms with Crippen LogP contribution in [0, 0.1) is 0 Å². The molecule has 0 saturated carbocycles. The van der Waals surface area contributed by atoms with E-state index < -0.39 is 10.0 Å². The fraction of sp³-hybridized carbons (Fsp3) is 0.400. The Labute approximate surface area is 162 Å². The summed E-state index contributed by atoms with van der Waals surface area (Å²) in [6, 6.07) is 14.3. The van der Waals surface area contributed by atoms with Gasteiger partial charge in [0.1, 0.15) is 5.75 Å². The summed E-state index contributed by atoms with van der Waals surface area (Å²) in [7, 11) is 0.459. The van der Waals surface area contributed by atoms with Crippen LogP contribution >= 0.6 is 0 Å². The van der Waals surface area contributed by atoms with Gasteiger partial charge in [0.25, 0.3) is 10.0 Å². The lowest BCUT2D eigenvalue weighted by Gasteiger charge is -2.38. The molecule has 2 aromatic rings. The highest BCUT2D eigenvalue weighted by Crippen LogP contribution is 2.36. The molecule has 3 rings (SSSR count). The topological polar surface area (TPSA) is 53.1 Å². The number of para-hydroxylation sites is 2. The van der Waals surface area contributed by atoms with Gasteiger partial charge in [0.05, 0.1) is 29.4 Å². The molecule has 0 unspecified atom stereocenters. The van der Waals surface area contributed by atoms with Crippen LogP contribution in [0.4, 0.5) is 11.4 Å². The van der Waals surface area contributed by atoms with Crippen LogP contribution in [0.15, 0.2) is 53.4 Å². The minimum Gasteiger partial charge on any atom is -0.494 e. The van der Waals surface area contributed by atoms with Gasteiger partial charge in [0, 0.05) is 19.6 Å². The summed E-state index contributed by atoms with van der Waals surface area (Å²) in [6.45, 7) is 5.33. The number of anilines is 2. The number of likely N-dealkylation sites (N-methyl/N-ethyl adjacent to an activating group) is 1. The Morgan fingerprint density at radius 2 is 1.67 bits per heavy atom. The first kappa shape index (κ1) is 19.5. The van der Waals surface area contributed by atoms with E-state index in [4.69, 9.17) is 4.74 Å². The Kier molecular flexibility index (Phi) is 5.92. The van der Waals surface area contributed by atoms with Gasteiger partial charge in [-0.05, 0) is 57.4 Å². The number of nitrogens with zero attached hydrogens (tertiary/aromatic N) is 3. The van der Waals surface area contributed by atoms with Crippen molar-refractivity contribution in [2.24, 2.45) is 0 Å². The Bertz CT molecular complexity index is 866. The number of hydrogen-bond acceptors (Lipinski definition) is 5. The minimum absolute atomic E-state index is 0.280. The van der Waals surface area contributed by atoms with Crippen LogP contribution in [-0.2, 0) is 10.0 Å². The van der Waals surface area contributed by atoms with Gasteiger partial charge in [0.15, 0.2) is 0 Å². The van der Waals surface area contributed by atoms with E-state index in [0.717, 1.165) is 24.5 Å². The zero-order chi connectivity index (χ0) is 19.4.